The molecule has 0 aliphatic heterocycles. The first kappa shape index (κ1) is 15.8. The van der Waals surface area contributed by atoms with E-state index >= 15 is 0 Å². The lowest BCUT2D eigenvalue weighted by Crippen LogP contribution is -2.43. The molecule has 1 aliphatic rings. The molecule has 0 heterocycles. The number of hydrogen-bond donors (Lipinski definition) is 2. The van der Waals surface area contributed by atoms with Crippen LogP contribution in [0.4, 0.5) is 0 Å². The van der Waals surface area contributed by atoms with Crippen molar-refractivity contribution in [3.63, 3.8) is 0 Å². The van der Waals surface area contributed by atoms with Gasteiger partial charge in [0.15, 0.2) is 6.10 Å². The molecule has 1 aliphatic carbocycles. The summed E-state index contributed by atoms with van der Waals surface area (Å²) < 4.78 is 5.74. The highest BCUT2D eigenvalue weighted by molar-refractivity contribution is 5.81. The molecule has 1 aromatic rings. The van der Waals surface area contributed by atoms with Crippen molar-refractivity contribution in [2.24, 2.45) is 0 Å². The van der Waals surface area contributed by atoms with E-state index in [9.17, 15) is 9.90 Å². The summed E-state index contributed by atoms with van der Waals surface area (Å²) in [5.41, 5.74) is 0.704. The van der Waals surface area contributed by atoms with Gasteiger partial charge in [-0.2, -0.15) is 0 Å². The molecule has 2 atom stereocenters. The van der Waals surface area contributed by atoms with E-state index in [2.05, 4.69) is 5.32 Å². The standard InChI is InChI=1S/C17H25NO3/c1-12(19)15-10-6-7-11-16(15)21-13(2)17(20)18-14-8-4-3-5-9-14/h6-7,10-14,19H,3-5,8-9H2,1-2H3,(H,18,20)/t12-,13?/m1/s1. The van der Waals surface area contributed by atoms with E-state index < -0.39 is 12.2 Å². The van der Waals surface area contributed by atoms with E-state index in [4.69, 9.17) is 4.74 Å². The number of rotatable bonds is 5. The Morgan fingerprint density at radius 1 is 1.24 bits per heavy atom. The Labute approximate surface area is 126 Å². The average molecular weight is 291 g/mol. The van der Waals surface area contributed by atoms with Crippen molar-refractivity contribution < 1.29 is 14.6 Å². The molecule has 4 nitrogen and oxygen atoms in total. The second-order valence-corrected chi connectivity index (χ2v) is 5.82. The van der Waals surface area contributed by atoms with Gasteiger partial charge in [-0.1, -0.05) is 37.5 Å². The first-order valence-electron chi connectivity index (χ1n) is 7.82. The van der Waals surface area contributed by atoms with Crippen molar-refractivity contribution in [1.29, 1.82) is 0 Å². The molecule has 1 amide bonds. The Morgan fingerprint density at radius 3 is 2.57 bits per heavy atom. The fourth-order valence-electron chi connectivity index (χ4n) is 2.74. The fraction of sp³-hybridized carbons (Fsp3) is 0.588. The number of amides is 1. The number of para-hydroxylation sites is 1. The summed E-state index contributed by atoms with van der Waals surface area (Å²) in [5, 5.41) is 12.8. The van der Waals surface area contributed by atoms with E-state index in [1.165, 1.54) is 19.3 Å². The summed E-state index contributed by atoms with van der Waals surface area (Å²) >= 11 is 0. The lowest BCUT2D eigenvalue weighted by molar-refractivity contribution is -0.128. The number of aliphatic hydroxyl groups is 1. The number of hydrogen-bond acceptors (Lipinski definition) is 3. The van der Waals surface area contributed by atoms with E-state index in [0.29, 0.717) is 11.3 Å². The third kappa shape index (κ3) is 4.46. The van der Waals surface area contributed by atoms with E-state index in [0.717, 1.165) is 12.8 Å². The highest BCUT2D eigenvalue weighted by Gasteiger charge is 2.21. The molecule has 0 spiro atoms. The molecular weight excluding hydrogens is 266 g/mol. The number of benzene rings is 1. The molecule has 116 valence electrons. The highest BCUT2D eigenvalue weighted by Crippen LogP contribution is 2.25. The van der Waals surface area contributed by atoms with Crippen LogP contribution < -0.4 is 10.1 Å². The maximum Gasteiger partial charge on any atom is 0.260 e. The van der Waals surface area contributed by atoms with Crippen molar-refractivity contribution in [1.82, 2.24) is 5.32 Å². The van der Waals surface area contributed by atoms with Crippen molar-refractivity contribution in [2.75, 3.05) is 0 Å². The van der Waals surface area contributed by atoms with E-state index in [-0.39, 0.29) is 11.9 Å². The van der Waals surface area contributed by atoms with Gasteiger partial charge in [-0.25, -0.2) is 0 Å². The molecular formula is C17H25NO3. The minimum absolute atomic E-state index is 0.0812. The van der Waals surface area contributed by atoms with Crippen molar-refractivity contribution in [3.05, 3.63) is 29.8 Å². The maximum absolute atomic E-state index is 12.2. The van der Waals surface area contributed by atoms with Crippen LogP contribution in [0, 0.1) is 0 Å². The molecule has 0 saturated heterocycles. The first-order chi connectivity index (χ1) is 10.1. The zero-order valence-corrected chi connectivity index (χ0v) is 12.8. The molecule has 0 aromatic heterocycles. The molecule has 1 fully saturated rings. The van der Waals surface area contributed by atoms with Gasteiger partial charge in [0.2, 0.25) is 0 Å². The smallest absolute Gasteiger partial charge is 0.260 e. The molecule has 0 radical (unpaired) electrons. The molecule has 1 unspecified atom stereocenters. The van der Waals surface area contributed by atoms with Gasteiger partial charge < -0.3 is 15.2 Å². The molecule has 1 saturated carbocycles. The number of aliphatic hydroxyl groups excluding tert-OH is 1. The van der Waals surface area contributed by atoms with Gasteiger partial charge in [-0.05, 0) is 32.8 Å². The van der Waals surface area contributed by atoms with Crippen LogP contribution in [0.2, 0.25) is 0 Å². The summed E-state index contributed by atoms with van der Waals surface area (Å²) in [7, 11) is 0. The summed E-state index contributed by atoms with van der Waals surface area (Å²) in [5.74, 6) is 0.487. The Balaban J connectivity index is 1.94. The number of carbonyl (C=O) groups excluding carboxylic acids is 1. The summed E-state index contributed by atoms with van der Waals surface area (Å²) in [4.78, 5) is 12.2. The zero-order valence-electron chi connectivity index (χ0n) is 12.8. The SMILES string of the molecule is CC(Oc1ccccc1[C@@H](C)O)C(=O)NC1CCCCC1. The Bertz CT molecular complexity index is 467. The predicted octanol–water partition coefficient (Wildman–Crippen LogP) is 2.96. The lowest BCUT2D eigenvalue weighted by Gasteiger charge is -2.25. The maximum atomic E-state index is 12.2. The topological polar surface area (TPSA) is 58.6 Å². The van der Waals surface area contributed by atoms with Gasteiger partial charge in [0, 0.05) is 11.6 Å². The van der Waals surface area contributed by atoms with Gasteiger partial charge in [-0.15, -0.1) is 0 Å². The van der Waals surface area contributed by atoms with Crippen LogP contribution >= 0.6 is 0 Å². The summed E-state index contributed by atoms with van der Waals surface area (Å²) in [6.07, 6.45) is 4.57. The average Bonchev–Trinajstić information content (AvgIpc) is 2.48. The molecule has 2 rings (SSSR count). The zero-order chi connectivity index (χ0) is 15.2. The van der Waals surface area contributed by atoms with Crippen LogP contribution in [0.15, 0.2) is 24.3 Å². The minimum Gasteiger partial charge on any atom is -0.481 e. The largest absolute Gasteiger partial charge is 0.481 e. The lowest BCUT2D eigenvalue weighted by atomic mass is 9.95. The van der Waals surface area contributed by atoms with Crippen LogP contribution in [0.25, 0.3) is 0 Å². The van der Waals surface area contributed by atoms with Crippen LogP contribution in [0.3, 0.4) is 0 Å². The molecule has 21 heavy (non-hydrogen) atoms. The predicted molar refractivity (Wildman–Crippen MR) is 82.2 cm³/mol. The normalized spacial score (nSPS) is 18.8. The Morgan fingerprint density at radius 2 is 1.90 bits per heavy atom. The van der Waals surface area contributed by atoms with Gasteiger partial charge in [0.25, 0.3) is 5.91 Å². The van der Waals surface area contributed by atoms with Gasteiger partial charge in [-0.3, -0.25) is 4.79 Å². The third-order valence-electron chi connectivity index (χ3n) is 3.99. The van der Waals surface area contributed by atoms with Crippen molar-refractivity contribution in [3.8, 4) is 5.75 Å². The van der Waals surface area contributed by atoms with Crippen molar-refractivity contribution in [2.45, 2.75) is 64.2 Å². The van der Waals surface area contributed by atoms with Gasteiger partial charge in [0.05, 0.1) is 6.10 Å². The van der Waals surface area contributed by atoms with Gasteiger partial charge in [0.1, 0.15) is 5.75 Å². The van der Waals surface area contributed by atoms with Gasteiger partial charge >= 0.3 is 0 Å². The summed E-state index contributed by atoms with van der Waals surface area (Å²) in [6, 6.07) is 7.57. The Hall–Kier alpha value is -1.55. The highest BCUT2D eigenvalue weighted by atomic mass is 16.5. The van der Waals surface area contributed by atoms with Crippen LogP contribution in [-0.2, 0) is 4.79 Å². The number of nitrogens with one attached hydrogen (secondary N) is 1. The first-order valence-corrected chi connectivity index (χ1v) is 7.82. The second kappa shape index (κ2) is 7.46. The molecule has 4 heteroatoms. The summed E-state index contributed by atoms with van der Waals surface area (Å²) in [6.45, 7) is 3.44. The fourth-order valence-corrected chi connectivity index (χ4v) is 2.74. The van der Waals surface area contributed by atoms with Crippen LogP contribution in [0.1, 0.15) is 57.6 Å². The third-order valence-corrected chi connectivity index (χ3v) is 3.99. The molecule has 0 bridgehead atoms. The molecule has 2 N–H and O–H groups in total. The van der Waals surface area contributed by atoms with E-state index in [1.807, 2.05) is 18.2 Å². The van der Waals surface area contributed by atoms with E-state index in [1.54, 1.807) is 19.9 Å². The number of ether oxygens (including phenoxy) is 1. The van der Waals surface area contributed by atoms with Crippen LogP contribution in [-0.4, -0.2) is 23.2 Å². The van der Waals surface area contributed by atoms with Crippen LogP contribution in [0.5, 0.6) is 5.75 Å². The minimum atomic E-state index is -0.616. The Kier molecular flexibility index (Phi) is 5.62. The second-order valence-electron chi connectivity index (χ2n) is 5.82. The molecule has 1 aromatic carbocycles. The number of carbonyl (C=O) groups is 1. The monoisotopic (exact) mass is 291 g/mol. The van der Waals surface area contributed by atoms with Crippen molar-refractivity contribution >= 4 is 5.91 Å². The quantitative estimate of drug-likeness (QED) is 0.877.